The van der Waals surface area contributed by atoms with Gasteiger partial charge in [0.25, 0.3) is 0 Å². The highest BCUT2D eigenvalue weighted by atomic mass is 19.1. The number of amides is 2. The molecule has 0 radical (unpaired) electrons. The van der Waals surface area contributed by atoms with E-state index in [1.54, 1.807) is 18.2 Å². The second-order valence-electron chi connectivity index (χ2n) is 4.69. The lowest BCUT2D eigenvalue weighted by atomic mass is 10.1. The third-order valence-electron chi connectivity index (χ3n) is 3.41. The topological polar surface area (TPSA) is 61.4 Å². The van der Waals surface area contributed by atoms with Crippen LogP contribution in [-0.4, -0.2) is 49.4 Å². The Hall–Kier alpha value is -1.95. The number of hydrogen-bond donors (Lipinski definition) is 2. The number of carbonyl (C=O) groups is 2. The van der Waals surface area contributed by atoms with Gasteiger partial charge in [-0.1, -0.05) is 18.2 Å². The molecule has 1 aromatic carbocycles. The maximum atomic E-state index is 13.6. The molecule has 1 aromatic rings. The van der Waals surface area contributed by atoms with Gasteiger partial charge >= 0.3 is 0 Å². The largest absolute Gasteiger partial charge is 0.357 e. The zero-order chi connectivity index (χ0) is 14.5. The van der Waals surface area contributed by atoms with E-state index in [1.807, 2.05) is 0 Å². The van der Waals surface area contributed by atoms with E-state index in [1.165, 1.54) is 18.0 Å². The summed E-state index contributed by atoms with van der Waals surface area (Å²) in [7, 11) is 1.54. The molecule has 2 N–H and O–H groups in total. The highest BCUT2D eigenvalue weighted by Gasteiger charge is 2.31. The van der Waals surface area contributed by atoms with E-state index in [0.29, 0.717) is 25.2 Å². The molecular weight excluding hydrogens is 261 g/mol. The summed E-state index contributed by atoms with van der Waals surface area (Å²) in [5.41, 5.74) is 0.353. The molecule has 1 saturated heterocycles. The molecule has 0 unspecified atom stereocenters. The first-order valence-corrected chi connectivity index (χ1v) is 6.58. The van der Waals surface area contributed by atoms with Crippen LogP contribution in [0.2, 0.25) is 0 Å². The van der Waals surface area contributed by atoms with Gasteiger partial charge in [0.2, 0.25) is 11.8 Å². The Morgan fingerprint density at radius 1 is 1.45 bits per heavy atom. The molecule has 6 heteroatoms. The van der Waals surface area contributed by atoms with E-state index in [4.69, 9.17) is 0 Å². The van der Waals surface area contributed by atoms with E-state index in [2.05, 4.69) is 10.6 Å². The molecule has 0 spiro atoms. The third kappa shape index (κ3) is 3.14. The second kappa shape index (κ2) is 6.47. The molecule has 1 aliphatic heterocycles. The van der Waals surface area contributed by atoms with E-state index >= 15 is 0 Å². The minimum absolute atomic E-state index is 0.0276. The van der Waals surface area contributed by atoms with Crippen LogP contribution in [0.15, 0.2) is 24.3 Å². The summed E-state index contributed by atoms with van der Waals surface area (Å²) < 4.78 is 13.6. The van der Waals surface area contributed by atoms with E-state index < -0.39 is 11.9 Å². The Balaban J connectivity index is 2.10. The second-order valence-corrected chi connectivity index (χ2v) is 4.69. The summed E-state index contributed by atoms with van der Waals surface area (Å²) >= 11 is 0. The Bertz CT molecular complexity index is 507. The standard InChI is InChI=1S/C14H18FN3O2/c1-16-14(20)12-9-17-6-7-18(12)13(19)8-10-4-2-3-5-11(10)15/h2-5,12,17H,6-9H2,1H3,(H,16,20)/t12-/m0/s1. The molecule has 20 heavy (non-hydrogen) atoms. The van der Waals surface area contributed by atoms with E-state index in [-0.39, 0.29) is 18.2 Å². The quantitative estimate of drug-likeness (QED) is 0.813. The predicted octanol–water partition coefficient (Wildman–Crippen LogP) is -0.0854. The maximum Gasteiger partial charge on any atom is 0.243 e. The van der Waals surface area contributed by atoms with Gasteiger partial charge in [-0.15, -0.1) is 0 Å². The fraction of sp³-hybridized carbons (Fsp3) is 0.429. The van der Waals surface area contributed by atoms with E-state index in [0.717, 1.165) is 0 Å². The summed E-state index contributed by atoms with van der Waals surface area (Å²) in [6.07, 6.45) is -0.0276. The number of carbonyl (C=O) groups excluding carboxylic acids is 2. The van der Waals surface area contributed by atoms with Gasteiger partial charge in [-0.3, -0.25) is 9.59 Å². The maximum absolute atomic E-state index is 13.6. The average molecular weight is 279 g/mol. The predicted molar refractivity (Wildman–Crippen MR) is 72.5 cm³/mol. The number of halogens is 1. The van der Waals surface area contributed by atoms with Crippen LogP contribution in [0, 0.1) is 5.82 Å². The fourth-order valence-electron chi connectivity index (χ4n) is 2.31. The summed E-state index contributed by atoms with van der Waals surface area (Å²) in [5.74, 6) is -0.836. The smallest absolute Gasteiger partial charge is 0.243 e. The molecule has 0 saturated carbocycles. The molecule has 1 atom stereocenters. The van der Waals surface area contributed by atoms with Crippen LogP contribution >= 0.6 is 0 Å². The van der Waals surface area contributed by atoms with Gasteiger partial charge in [0, 0.05) is 26.7 Å². The van der Waals surface area contributed by atoms with Crippen LogP contribution in [0.1, 0.15) is 5.56 Å². The van der Waals surface area contributed by atoms with Crippen LogP contribution in [0.25, 0.3) is 0 Å². The van der Waals surface area contributed by atoms with Crippen LogP contribution in [0.5, 0.6) is 0 Å². The number of nitrogens with one attached hydrogen (secondary N) is 2. The summed E-state index contributed by atoms with van der Waals surface area (Å²) in [5, 5.41) is 5.63. The van der Waals surface area contributed by atoms with Gasteiger partial charge in [0.1, 0.15) is 11.9 Å². The Morgan fingerprint density at radius 3 is 2.90 bits per heavy atom. The summed E-state index contributed by atoms with van der Waals surface area (Å²) in [6.45, 7) is 1.50. The van der Waals surface area contributed by atoms with Gasteiger partial charge in [0.15, 0.2) is 0 Å². The number of benzene rings is 1. The molecule has 1 aliphatic rings. The van der Waals surface area contributed by atoms with Crippen molar-refractivity contribution in [3.8, 4) is 0 Å². The molecule has 108 valence electrons. The van der Waals surface area contributed by atoms with Crippen molar-refractivity contribution < 1.29 is 14.0 Å². The zero-order valence-corrected chi connectivity index (χ0v) is 11.4. The average Bonchev–Trinajstić information content (AvgIpc) is 2.48. The van der Waals surface area contributed by atoms with Crippen molar-refractivity contribution in [3.05, 3.63) is 35.6 Å². The molecule has 2 rings (SSSR count). The molecule has 0 bridgehead atoms. The van der Waals surface area contributed by atoms with Gasteiger partial charge in [-0.25, -0.2) is 4.39 Å². The van der Waals surface area contributed by atoms with Crippen molar-refractivity contribution in [1.82, 2.24) is 15.5 Å². The van der Waals surface area contributed by atoms with Gasteiger partial charge < -0.3 is 15.5 Å². The zero-order valence-electron chi connectivity index (χ0n) is 11.4. The summed E-state index contributed by atoms with van der Waals surface area (Å²) in [6, 6.07) is 5.66. The van der Waals surface area contributed by atoms with E-state index in [9.17, 15) is 14.0 Å². The molecule has 1 heterocycles. The molecule has 0 aromatic heterocycles. The van der Waals surface area contributed by atoms with Crippen molar-refractivity contribution in [1.29, 1.82) is 0 Å². The van der Waals surface area contributed by atoms with Gasteiger partial charge in [-0.05, 0) is 11.6 Å². The minimum Gasteiger partial charge on any atom is -0.357 e. The first-order chi connectivity index (χ1) is 9.63. The number of hydrogen-bond acceptors (Lipinski definition) is 3. The number of rotatable bonds is 3. The lowest BCUT2D eigenvalue weighted by Gasteiger charge is -2.35. The normalized spacial score (nSPS) is 18.7. The van der Waals surface area contributed by atoms with Gasteiger partial charge in [-0.2, -0.15) is 0 Å². The van der Waals surface area contributed by atoms with Crippen molar-refractivity contribution in [2.24, 2.45) is 0 Å². The summed E-state index contributed by atoms with van der Waals surface area (Å²) in [4.78, 5) is 25.6. The first-order valence-electron chi connectivity index (χ1n) is 6.58. The van der Waals surface area contributed by atoms with Crippen LogP contribution < -0.4 is 10.6 Å². The first kappa shape index (κ1) is 14.5. The highest BCUT2D eigenvalue weighted by molar-refractivity contribution is 5.88. The number of nitrogens with zero attached hydrogens (tertiary/aromatic N) is 1. The van der Waals surface area contributed by atoms with Crippen molar-refractivity contribution in [2.75, 3.05) is 26.7 Å². The van der Waals surface area contributed by atoms with Gasteiger partial charge in [0.05, 0.1) is 6.42 Å². The Kier molecular flexibility index (Phi) is 4.68. The molecule has 5 nitrogen and oxygen atoms in total. The highest BCUT2D eigenvalue weighted by Crippen LogP contribution is 2.11. The number of piperazine rings is 1. The molecule has 2 amide bonds. The Labute approximate surface area is 117 Å². The fourth-order valence-corrected chi connectivity index (χ4v) is 2.31. The molecule has 0 aliphatic carbocycles. The van der Waals surface area contributed by atoms with Crippen molar-refractivity contribution in [3.63, 3.8) is 0 Å². The minimum atomic E-state index is -0.534. The lowest BCUT2D eigenvalue weighted by molar-refractivity contribution is -0.140. The SMILES string of the molecule is CNC(=O)[C@@H]1CNCCN1C(=O)Cc1ccccc1F. The van der Waals surface area contributed by atoms with Crippen molar-refractivity contribution >= 4 is 11.8 Å². The third-order valence-corrected chi connectivity index (χ3v) is 3.41. The Morgan fingerprint density at radius 2 is 2.20 bits per heavy atom. The molecular formula is C14H18FN3O2. The lowest BCUT2D eigenvalue weighted by Crippen LogP contribution is -2.59. The number of likely N-dealkylation sites (N-methyl/N-ethyl adjacent to an activating group) is 1. The monoisotopic (exact) mass is 279 g/mol. The molecule has 1 fully saturated rings. The van der Waals surface area contributed by atoms with Crippen LogP contribution in [0.4, 0.5) is 4.39 Å². The van der Waals surface area contributed by atoms with Crippen molar-refractivity contribution in [2.45, 2.75) is 12.5 Å². The van der Waals surface area contributed by atoms with Crippen LogP contribution in [0.3, 0.4) is 0 Å². The van der Waals surface area contributed by atoms with Crippen LogP contribution in [-0.2, 0) is 16.0 Å².